The lowest BCUT2D eigenvalue weighted by atomic mass is 9.98. The first-order valence-corrected chi connectivity index (χ1v) is 6.49. The molecule has 1 aromatic heterocycles. The minimum atomic E-state index is -3.07. The summed E-state index contributed by atoms with van der Waals surface area (Å²) in [5, 5.41) is 17.6. The molecule has 0 saturated carbocycles. The van der Waals surface area contributed by atoms with Crippen molar-refractivity contribution in [3.05, 3.63) is 11.9 Å². The van der Waals surface area contributed by atoms with E-state index in [0.29, 0.717) is 5.69 Å². The fourth-order valence-corrected chi connectivity index (χ4v) is 3.75. The summed E-state index contributed by atoms with van der Waals surface area (Å²) in [6.45, 7) is 0. The molecule has 1 N–H and O–H groups in total. The molecule has 1 aliphatic heterocycles. The summed E-state index contributed by atoms with van der Waals surface area (Å²) in [6, 6.07) is 0. The molecule has 84 valence electrons. The maximum Gasteiger partial charge on any atom is 0.153 e. The molecule has 0 aromatic carbocycles. The highest BCUT2D eigenvalue weighted by molar-refractivity contribution is 7.91. The molecule has 0 spiro atoms. The molecule has 1 fully saturated rings. The number of aliphatic hydroxyl groups is 1. The molecule has 2 heterocycles. The topological polar surface area (TPSA) is 85.1 Å². The second-order valence-electron chi connectivity index (χ2n) is 4.13. The van der Waals surface area contributed by atoms with Gasteiger partial charge in [0.1, 0.15) is 0 Å². The molecule has 0 bridgehead atoms. The van der Waals surface area contributed by atoms with E-state index in [1.807, 2.05) is 0 Å². The number of hydrogen-bond donors (Lipinski definition) is 1. The van der Waals surface area contributed by atoms with Crippen molar-refractivity contribution in [3.63, 3.8) is 0 Å². The first-order chi connectivity index (χ1) is 6.89. The van der Waals surface area contributed by atoms with E-state index in [4.69, 9.17) is 0 Å². The first-order valence-electron chi connectivity index (χ1n) is 4.67. The van der Waals surface area contributed by atoms with Gasteiger partial charge in [-0.2, -0.15) is 0 Å². The van der Waals surface area contributed by atoms with Crippen LogP contribution in [-0.4, -0.2) is 45.6 Å². The van der Waals surface area contributed by atoms with Gasteiger partial charge in [0.2, 0.25) is 0 Å². The number of aryl methyl sites for hydroxylation is 1. The minimum Gasteiger partial charge on any atom is -0.388 e. The quantitative estimate of drug-likeness (QED) is 0.699. The highest BCUT2D eigenvalue weighted by atomic mass is 32.2. The number of rotatable bonds is 2. The van der Waals surface area contributed by atoms with Crippen LogP contribution >= 0.6 is 0 Å². The third kappa shape index (κ3) is 2.35. The summed E-state index contributed by atoms with van der Waals surface area (Å²) in [5.41, 5.74) is -0.536. The Morgan fingerprint density at radius 2 is 2.40 bits per heavy atom. The number of aromatic nitrogens is 3. The lowest BCUT2D eigenvalue weighted by molar-refractivity contribution is 0.0671. The highest BCUT2D eigenvalue weighted by Gasteiger charge is 2.41. The molecule has 1 aromatic rings. The van der Waals surface area contributed by atoms with Crippen molar-refractivity contribution >= 4 is 9.84 Å². The molecule has 0 aliphatic carbocycles. The Hall–Kier alpha value is -0.950. The Balaban J connectivity index is 2.13. The molecule has 1 saturated heterocycles. The average molecular weight is 231 g/mol. The van der Waals surface area contributed by atoms with Gasteiger partial charge < -0.3 is 5.11 Å². The summed E-state index contributed by atoms with van der Waals surface area (Å²) in [6.07, 6.45) is 2.22. The monoisotopic (exact) mass is 231 g/mol. The zero-order valence-electron chi connectivity index (χ0n) is 8.42. The Morgan fingerprint density at radius 1 is 1.67 bits per heavy atom. The van der Waals surface area contributed by atoms with Crippen molar-refractivity contribution in [2.24, 2.45) is 7.05 Å². The van der Waals surface area contributed by atoms with Crippen molar-refractivity contribution in [3.8, 4) is 0 Å². The van der Waals surface area contributed by atoms with E-state index in [1.54, 1.807) is 13.2 Å². The van der Waals surface area contributed by atoms with E-state index in [-0.39, 0.29) is 24.3 Å². The van der Waals surface area contributed by atoms with Crippen LogP contribution in [0.5, 0.6) is 0 Å². The molecule has 15 heavy (non-hydrogen) atoms. The lowest BCUT2D eigenvalue weighted by Crippen LogP contribution is -2.32. The van der Waals surface area contributed by atoms with Gasteiger partial charge in [-0.05, 0) is 6.42 Å². The zero-order chi connectivity index (χ0) is 11.1. The lowest BCUT2D eigenvalue weighted by Gasteiger charge is -2.18. The van der Waals surface area contributed by atoms with Crippen molar-refractivity contribution < 1.29 is 13.5 Å². The Bertz CT molecular complexity index is 467. The normalized spacial score (nSPS) is 29.5. The number of nitrogens with zero attached hydrogens (tertiary/aromatic N) is 3. The number of sulfone groups is 1. The van der Waals surface area contributed by atoms with E-state index in [0.717, 1.165) is 0 Å². The standard InChI is InChI=1S/C8H13N3O3S/c1-11-5-7(9-10-11)4-8(12)2-3-15(13,14)6-8/h5,12H,2-4,6H2,1H3. The van der Waals surface area contributed by atoms with Crippen molar-refractivity contribution in [1.29, 1.82) is 0 Å². The van der Waals surface area contributed by atoms with Crippen LogP contribution in [0.3, 0.4) is 0 Å². The average Bonchev–Trinajstić information content (AvgIpc) is 2.57. The Kier molecular flexibility index (Phi) is 2.31. The van der Waals surface area contributed by atoms with Gasteiger partial charge in [0.05, 0.1) is 22.8 Å². The van der Waals surface area contributed by atoms with Crippen LogP contribution < -0.4 is 0 Å². The summed E-state index contributed by atoms with van der Waals surface area (Å²) in [7, 11) is -1.34. The van der Waals surface area contributed by atoms with E-state index in [1.165, 1.54) is 4.68 Å². The van der Waals surface area contributed by atoms with Crippen molar-refractivity contribution in [2.45, 2.75) is 18.4 Å². The molecule has 1 atom stereocenters. The molecule has 1 unspecified atom stereocenters. The molecule has 0 radical (unpaired) electrons. The third-order valence-corrected chi connectivity index (χ3v) is 4.33. The second-order valence-corrected chi connectivity index (χ2v) is 6.31. The van der Waals surface area contributed by atoms with E-state index in [2.05, 4.69) is 10.3 Å². The van der Waals surface area contributed by atoms with Crippen LogP contribution in [0.4, 0.5) is 0 Å². The van der Waals surface area contributed by atoms with Crippen LogP contribution in [0.15, 0.2) is 6.20 Å². The summed E-state index contributed by atoms with van der Waals surface area (Å²) in [5.74, 6) is -0.111. The van der Waals surface area contributed by atoms with E-state index >= 15 is 0 Å². The predicted molar refractivity (Wildman–Crippen MR) is 52.9 cm³/mol. The zero-order valence-corrected chi connectivity index (χ0v) is 9.24. The van der Waals surface area contributed by atoms with Crippen LogP contribution in [0.2, 0.25) is 0 Å². The Morgan fingerprint density at radius 3 is 2.87 bits per heavy atom. The molecule has 6 nitrogen and oxygen atoms in total. The van der Waals surface area contributed by atoms with Gasteiger partial charge >= 0.3 is 0 Å². The van der Waals surface area contributed by atoms with Crippen LogP contribution in [0, 0.1) is 0 Å². The van der Waals surface area contributed by atoms with E-state index < -0.39 is 15.4 Å². The maximum absolute atomic E-state index is 11.2. The summed E-state index contributed by atoms with van der Waals surface area (Å²) < 4.78 is 24.0. The van der Waals surface area contributed by atoms with Gasteiger partial charge in [0.25, 0.3) is 0 Å². The SMILES string of the molecule is Cn1cc(CC2(O)CCS(=O)(=O)C2)nn1. The Labute approximate surface area is 87.8 Å². The van der Waals surface area contributed by atoms with Gasteiger partial charge in [-0.1, -0.05) is 5.21 Å². The van der Waals surface area contributed by atoms with Crippen molar-refractivity contribution in [2.75, 3.05) is 11.5 Å². The fraction of sp³-hybridized carbons (Fsp3) is 0.750. The number of hydrogen-bond acceptors (Lipinski definition) is 5. The summed E-state index contributed by atoms with van der Waals surface area (Å²) in [4.78, 5) is 0. The van der Waals surface area contributed by atoms with Crippen molar-refractivity contribution in [1.82, 2.24) is 15.0 Å². The minimum absolute atomic E-state index is 0.0593. The first kappa shape index (κ1) is 10.6. The van der Waals surface area contributed by atoms with Gasteiger partial charge in [0.15, 0.2) is 9.84 Å². The molecular weight excluding hydrogens is 218 g/mol. The highest BCUT2D eigenvalue weighted by Crippen LogP contribution is 2.26. The summed E-state index contributed by atoms with van der Waals surface area (Å²) >= 11 is 0. The molecule has 0 amide bonds. The van der Waals surface area contributed by atoms with Gasteiger partial charge in [0, 0.05) is 19.7 Å². The fourth-order valence-electron chi connectivity index (χ4n) is 1.85. The smallest absolute Gasteiger partial charge is 0.153 e. The molecule has 2 rings (SSSR count). The van der Waals surface area contributed by atoms with Crippen LogP contribution in [0.25, 0.3) is 0 Å². The molecule has 1 aliphatic rings. The van der Waals surface area contributed by atoms with Crippen LogP contribution in [-0.2, 0) is 23.3 Å². The maximum atomic E-state index is 11.2. The predicted octanol–water partition coefficient (Wildman–Crippen LogP) is -1.09. The van der Waals surface area contributed by atoms with Gasteiger partial charge in [-0.15, -0.1) is 5.10 Å². The van der Waals surface area contributed by atoms with E-state index in [9.17, 15) is 13.5 Å². The molecular formula is C8H13N3O3S. The van der Waals surface area contributed by atoms with Crippen LogP contribution in [0.1, 0.15) is 12.1 Å². The molecule has 7 heteroatoms. The second kappa shape index (κ2) is 3.28. The largest absolute Gasteiger partial charge is 0.388 e. The van der Waals surface area contributed by atoms with Gasteiger partial charge in [-0.3, -0.25) is 4.68 Å². The van der Waals surface area contributed by atoms with Gasteiger partial charge in [-0.25, -0.2) is 8.42 Å². The third-order valence-electron chi connectivity index (χ3n) is 2.53.